The van der Waals surface area contributed by atoms with E-state index in [1.54, 1.807) is 11.9 Å². The van der Waals surface area contributed by atoms with Crippen LogP contribution in [0.2, 0.25) is 0 Å². The topological polar surface area (TPSA) is 58.6 Å². The molecular weight excluding hydrogens is 340 g/mol. The number of rotatable bonds is 8. The molecule has 1 N–H and O–H groups in total. The van der Waals surface area contributed by atoms with E-state index >= 15 is 0 Å². The molecule has 144 valence electrons. The van der Waals surface area contributed by atoms with Crippen LogP contribution in [0.25, 0.3) is 0 Å². The molecule has 0 aliphatic rings. The van der Waals surface area contributed by atoms with Gasteiger partial charge < -0.3 is 15.0 Å². The Kier molecular flexibility index (Phi) is 7.41. The third-order valence-corrected chi connectivity index (χ3v) is 4.51. The Morgan fingerprint density at radius 1 is 1.11 bits per heavy atom. The van der Waals surface area contributed by atoms with E-state index in [0.29, 0.717) is 18.7 Å². The quantitative estimate of drug-likeness (QED) is 0.778. The van der Waals surface area contributed by atoms with E-state index in [9.17, 15) is 9.59 Å². The van der Waals surface area contributed by atoms with E-state index in [2.05, 4.69) is 5.32 Å². The molecule has 0 aliphatic carbocycles. The number of hydrogen-bond donors (Lipinski definition) is 1. The lowest BCUT2D eigenvalue weighted by Gasteiger charge is -2.30. The van der Waals surface area contributed by atoms with Gasteiger partial charge in [0.05, 0.1) is 0 Å². The highest BCUT2D eigenvalue weighted by atomic mass is 16.5. The molecule has 1 unspecified atom stereocenters. The van der Waals surface area contributed by atoms with E-state index in [4.69, 9.17) is 4.74 Å². The zero-order valence-electron chi connectivity index (χ0n) is 16.5. The van der Waals surface area contributed by atoms with Crippen LogP contribution in [-0.4, -0.2) is 36.4 Å². The lowest BCUT2D eigenvalue weighted by atomic mass is 10.1. The van der Waals surface area contributed by atoms with Crippen molar-refractivity contribution in [1.29, 1.82) is 0 Å². The maximum Gasteiger partial charge on any atom is 0.261 e. The number of nitrogens with zero attached hydrogens (tertiary/aromatic N) is 1. The van der Waals surface area contributed by atoms with E-state index in [0.717, 1.165) is 16.7 Å². The van der Waals surface area contributed by atoms with E-state index < -0.39 is 6.04 Å². The summed E-state index contributed by atoms with van der Waals surface area (Å²) in [6, 6.07) is 15.0. The summed E-state index contributed by atoms with van der Waals surface area (Å²) < 4.78 is 5.76. The van der Waals surface area contributed by atoms with E-state index in [-0.39, 0.29) is 18.4 Å². The number of benzene rings is 2. The van der Waals surface area contributed by atoms with Crippen molar-refractivity contribution in [2.75, 3.05) is 13.7 Å². The zero-order valence-corrected chi connectivity index (χ0v) is 16.5. The highest BCUT2D eigenvalue weighted by Gasteiger charge is 2.28. The lowest BCUT2D eigenvalue weighted by Crippen LogP contribution is -2.49. The lowest BCUT2D eigenvalue weighted by molar-refractivity contribution is -0.142. The van der Waals surface area contributed by atoms with Crippen LogP contribution < -0.4 is 10.1 Å². The molecule has 2 rings (SSSR count). The molecule has 0 fully saturated rings. The molecule has 0 spiro atoms. The maximum absolute atomic E-state index is 12.9. The first-order valence-electron chi connectivity index (χ1n) is 9.21. The van der Waals surface area contributed by atoms with Gasteiger partial charge in [-0.1, -0.05) is 55.0 Å². The van der Waals surface area contributed by atoms with Crippen molar-refractivity contribution in [2.24, 2.45) is 0 Å². The number of likely N-dealkylation sites (N-methyl/N-ethyl adjacent to an activating group) is 1. The second-order valence-corrected chi connectivity index (χ2v) is 6.60. The molecule has 2 amide bonds. The first-order valence-corrected chi connectivity index (χ1v) is 9.21. The van der Waals surface area contributed by atoms with Crippen molar-refractivity contribution in [3.63, 3.8) is 0 Å². The summed E-state index contributed by atoms with van der Waals surface area (Å²) in [5, 5.41) is 2.65. The molecule has 0 saturated carbocycles. The van der Waals surface area contributed by atoms with Crippen LogP contribution in [0.4, 0.5) is 0 Å². The smallest absolute Gasteiger partial charge is 0.261 e. The summed E-state index contributed by atoms with van der Waals surface area (Å²) in [7, 11) is 1.59. The number of amides is 2. The van der Waals surface area contributed by atoms with Gasteiger partial charge in [0.1, 0.15) is 11.8 Å². The van der Waals surface area contributed by atoms with Gasteiger partial charge in [-0.2, -0.15) is 0 Å². The molecule has 0 bridgehead atoms. The van der Waals surface area contributed by atoms with Gasteiger partial charge in [-0.15, -0.1) is 0 Å². The average Bonchev–Trinajstić information content (AvgIpc) is 2.67. The van der Waals surface area contributed by atoms with Crippen LogP contribution in [-0.2, 0) is 16.1 Å². The van der Waals surface area contributed by atoms with Crippen molar-refractivity contribution >= 4 is 11.8 Å². The summed E-state index contributed by atoms with van der Waals surface area (Å²) in [4.78, 5) is 26.8. The van der Waals surface area contributed by atoms with Gasteiger partial charge >= 0.3 is 0 Å². The van der Waals surface area contributed by atoms with E-state index in [1.807, 2.05) is 69.3 Å². The van der Waals surface area contributed by atoms with Crippen molar-refractivity contribution in [2.45, 2.75) is 39.8 Å². The predicted molar refractivity (Wildman–Crippen MR) is 107 cm³/mol. The van der Waals surface area contributed by atoms with Crippen molar-refractivity contribution < 1.29 is 14.3 Å². The van der Waals surface area contributed by atoms with Gasteiger partial charge in [0.2, 0.25) is 5.91 Å². The monoisotopic (exact) mass is 368 g/mol. The molecule has 0 aliphatic heterocycles. The fourth-order valence-electron chi connectivity index (χ4n) is 3.05. The minimum Gasteiger partial charge on any atom is -0.483 e. The Hall–Kier alpha value is -2.82. The first kappa shape index (κ1) is 20.5. The zero-order chi connectivity index (χ0) is 19.8. The van der Waals surface area contributed by atoms with Gasteiger partial charge in [0.15, 0.2) is 6.61 Å². The second kappa shape index (κ2) is 9.76. The Bertz CT molecular complexity index is 774. The minimum absolute atomic E-state index is 0.107. The number of ether oxygens (including phenoxy) is 1. The normalized spacial score (nSPS) is 11.6. The number of carbonyl (C=O) groups excluding carboxylic acids is 2. The second-order valence-electron chi connectivity index (χ2n) is 6.60. The number of aryl methyl sites for hydroxylation is 2. The highest BCUT2D eigenvalue weighted by molar-refractivity contribution is 5.88. The van der Waals surface area contributed by atoms with E-state index in [1.165, 1.54) is 0 Å². The number of hydrogen-bond acceptors (Lipinski definition) is 3. The molecule has 2 aromatic carbocycles. The minimum atomic E-state index is -0.537. The van der Waals surface area contributed by atoms with Crippen molar-refractivity contribution in [3.05, 3.63) is 65.2 Å². The third-order valence-electron chi connectivity index (χ3n) is 4.51. The number of carbonyl (C=O) groups is 2. The summed E-state index contributed by atoms with van der Waals surface area (Å²) >= 11 is 0. The Balaban J connectivity index is 2.17. The predicted octanol–water partition coefficient (Wildman–Crippen LogP) is 3.24. The fourth-order valence-corrected chi connectivity index (χ4v) is 3.05. The summed E-state index contributed by atoms with van der Waals surface area (Å²) in [6.07, 6.45) is 0.530. The third kappa shape index (κ3) is 5.58. The molecule has 0 aromatic heterocycles. The van der Waals surface area contributed by atoms with Crippen molar-refractivity contribution in [1.82, 2.24) is 10.2 Å². The molecule has 0 heterocycles. The summed E-state index contributed by atoms with van der Waals surface area (Å²) in [5.74, 6) is 0.296. The molecule has 5 heteroatoms. The standard InChI is InChI=1S/C22H28N2O3/c1-5-19(22(26)23-4)24(14-18-9-7-6-8-10-18)21(25)15-27-20-12-11-16(2)13-17(20)3/h6-13,19H,5,14-15H2,1-4H3,(H,23,26). The Labute approximate surface area is 161 Å². The molecular formula is C22H28N2O3. The van der Waals surface area contributed by atoms with Gasteiger partial charge in [0.25, 0.3) is 5.91 Å². The van der Waals surface area contributed by atoms with Crippen LogP contribution in [0.1, 0.15) is 30.0 Å². The highest BCUT2D eigenvalue weighted by Crippen LogP contribution is 2.19. The fraction of sp³-hybridized carbons (Fsp3) is 0.364. The summed E-state index contributed by atoms with van der Waals surface area (Å²) in [5.41, 5.74) is 3.10. The molecule has 2 aromatic rings. The molecule has 0 saturated heterocycles. The SMILES string of the molecule is CCC(C(=O)NC)N(Cc1ccccc1)C(=O)COc1ccc(C)cc1C. The van der Waals surface area contributed by atoms with Crippen LogP contribution >= 0.6 is 0 Å². The molecule has 1 atom stereocenters. The molecule has 0 radical (unpaired) electrons. The molecule has 27 heavy (non-hydrogen) atoms. The van der Waals surface area contributed by atoms with Crippen LogP contribution in [0.15, 0.2) is 48.5 Å². The van der Waals surface area contributed by atoms with Gasteiger partial charge in [-0.05, 0) is 37.5 Å². The van der Waals surface area contributed by atoms with Crippen LogP contribution in [0, 0.1) is 13.8 Å². The molecule has 5 nitrogen and oxygen atoms in total. The largest absolute Gasteiger partial charge is 0.483 e. The number of nitrogens with one attached hydrogen (secondary N) is 1. The first-order chi connectivity index (χ1) is 13.0. The van der Waals surface area contributed by atoms with Crippen molar-refractivity contribution in [3.8, 4) is 5.75 Å². The van der Waals surface area contributed by atoms with Gasteiger partial charge in [-0.25, -0.2) is 0 Å². The summed E-state index contributed by atoms with van der Waals surface area (Å²) in [6.45, 7) is 6.12. The van der Waals surface area contributed by atoms with Gasteiger partial charge in [-0.3, -0.25) is 9.59 Å². The Morgan fingerprint density at radius 3 is 2.41 bits per heavy atom. The maximum atomic E-state index is 12.9. The van der Waals surface area contributed by atoms with Gasteiger partial charge in [0, 0.05) is 13.6 Å². The van der Waals surface area contributed by atoms with Crippen LogP contribution in [0.3, 0.4) is 0 Å². The average molecular weight is 368 g/mol. The Morgan fingerprint density at radius 2 is 1.81 bits per heavy atom. The van der Waals surface area contributed by atoms with Crippen LogP contribution in [0.5, 0.6) is 5.75 Å².